The molecule has 0 aromatic carbocycles. The van der Waals surface area contributed by atoms with Gasteiger partial charge in [0.15, 0.2) is 0 Å². The smallest absolute Gasteiger partial charge is 0.410 e. The largest absolute Gasteiger partial charge is 0.444 e. The molecule has 2 heterocycles. The van der Waals surface area contributed by atoms with Gasteiger partial charge in [-0.2, -0.15) is 0 Å². The number of hydrogen-bond acceptors (Lipinski definition) is 5. The van der Waals surface area contributed by atoms with Crippen molar-refractivity contribution in [2.75, 3.05) is 18.4 Å². The monoisotopic (exact) mass is 405 g/mol. The number of aromatic nitrogens is 1. The minimum Gasteiger partial charge on any atom is -0.444 e. The van der Waals surface area contributed by atoms with Crippen molar-refractivity contribution in [3.8, 4) is 0 Å². The van der Waals surface area contributed by atoms with E-state index in [4.69, 9.17) is 16.3 Å². The fourth-order valence-electron chi connectivity index (χ4n) is 2.37. The summed E-state index contributed by atoms with van der Waals surface area (Å²) in [6, 6.07) is 3.34. The van der Waals surface area contributed by atoms with Crippen LogP contribution in [-0.2, 0) is 4.74 Å². The average molecular weight is 407 g/mol. The number of carbonyl (C=O) groups is 1. The van der Waals surface area contributed by atoms with Crippen LogP contribution >= 0.6 is 27.5 Å². The molecule has 6 nitrogen and oxygen atoms in total. The molecule has 0 radical (unpaired) electrons. The number of β-amino-alcohol motifs (C(OH)–C–C–N with tert-alkyl or cyclic N) is 1. The number of carbonyl (C=O) groups excluding carboxylic acids is 1. The maximum Gasteiger partial charge on any atom is 0.410 e. The number of amides is 1. The number of likely N-dealkylation sites (tertiary alicyclic amines) is 1. The van der Waals surface area contributed by atoms with Crippen LogP contribution in [0.2, 0.25) is 5.02 Å². The number of nitrogens with zero attached hydrogens (tertiary/aromatic N) is 2. The van der Waals surface area contributed by atoms with Gasteiger partial charge in [-0.1, -0.05) is 11.6 Å². The Morgan fingerprint density at radius 2 is 2.26 bits per heavy atom. The third kappa shape index (κ3) is 5.22. The molecule has 128 valence electrons. The molecule has 1 saturated heterocycles. The van der Waals surface area contributed by atoms with E-state index in [9.17, 15) is 9.90 Å². The Labute approximate surface area is 149 Å². The van der Waals surface area contributed by atoms with Gasteiger partial charge in [0.05, 0.1) is 23.7 Å². The quantitative estimate of drug-likeness (QED) is 0.754. The Bertz CT molecular complexity index is 580. The van der Waals surface area contributed by atoms with Crippen molar-refractivity contribution in [2.24, 2.45) is 0 Å². The second kappa shape index (κ2) is 7.23. The first-order chi connectivity index (χ1) is 10.7. The van der Waals surface area contributed by atoms with Crippen LogP contribution in [0.5, 0.6) is 0 Å². The standard InChI is InChI=1S/C15H21BrClN3O3/c1-15(2,3)23-14(22)20-8-10(21)6-9(20)7-18-12-5-4-11(17)13(16)19-12/h4-5,9-10,21H,6-8H2,1-3H3,(H,18,19)/t9-,10+/m1/s1. The molecule has 1 amide bonds. The SMILES string of the molecule is CC(C)(C)OC(=O)N1C[C@@H](O)C[C@@H]1CNc1ccc(Cl)c(Br)n1. The number of hydrogen-bond donors (Lipinski definition) is 2. The lowest BCUT2D eigenvalue weighted by Gasteiger charge is -2.28. The molecule has 0 unspecified atom stereocenters. The number of ether oxygens (including phenoxy) is 1. The summed E-state index contributed by atoms with van der Waals surface area (Å²) in [6.07, 6.45) is -0.452. The Kier molecular flexibility index (Phi) is 5.75. The number of halogens is 2. The van der Waals surface area contributed by atoms with Gasteiger partial charge in [0.2, 0.25) is 0 Å². The summed E-state index contributed by atoms with van der Waals surface area (Å²) >= 11 is 9.18. The summed E-state index contributed by atoms with van der Waals surface area (Å²) < 4.78 is 5.95. The number of aliphatic hydroxyl groups is 1. The van der Waals surface area contributed by atoms with E-state index in [1.165, 1.54) is 0 Å². The van der Waals surface area contributed by atoms with Crippen LogP contribution in [0.25, 0.3) is 0 Å². The van der Waals surface area contributed by atoms with Crippen molar-refractivity contribution < 1.29 is 14.6 Å². The van der Waals surface area contributed by atoms with Gasteiger partial charge in [-0.15, -0.1) is 0 Å². The summed E-state index contributed by atoms with van der Waals surface area (Å²) in [5.41, 5.74) is -0.564. The summed E-state index contributed by atoms with van der Waals surface area (Å²) in [5, 5.41) is 13.6. The van der Waals surface area contributed by atoms with Crippen LogP contribution in [-0.4, -0.2) is 51.9 Å². The van der Waals surface area contributed by atoms with Crippen molar-refractivity contribution in [1.29, 1.82) is 0 Å². The van der Waals surface area contributed by atoms with Gasteiger partial charge < -0.3 is 20.1 Å². The zero-order valence-electron chi connectivity index (χ0n) is 13.3. The van der Waals surface area contributed by atoms with Gasteiger partial charge in [-0.3, -0.25) is 0 Å². The van der Waals surface area contributed by atoms with E-state index in [2.05, 4.69) is 26.2 Å². The molecular weight excluding hydrogens is 386 g/mol. The van der Waals surface area contributed by atoms with Gasteiger partial charge in [0.25, 0.3) is 0 Å². The number of anilines is 1. The van der Waals surface area contributed by atoms with Crippen LogP contribution in [0.15, 0.2) is 16.7 Å². The predicted octanol–water partition coefficient (Wildman–Crippen LogP) is 3.28. The second-order valence-corrected chi connectivity index (χ2v) is 7.68. The zero-order valence-corrected chi connectivity index (χ0v) is 15.7. The maximum atomic E-state index is 12.3. The molecule has 1 aromatic heterocycles. The normalized spacial score (nSPS) is 21.4. The minimum atomic E-state index is -0.564. The van der Waals surface area contributed by atoms with E-state index >= 15 is 0 Å². The van der Waals surface area contributed by atoms with E-state index in [1.807, 2.05) is 20.8 Å². The molecule has 0 bridgehead atoms. The Balaban J connectivity index is 1.99. The Morgan fingerprint density at radius 1 is 1.57 bits per heavy atom. The fourth-order valence-corrected chi connectivity index (χ4v) is 2.80. The fraction of sp³-hybridized carbons (Fsp3) is 0.600. The highest BCUT2D eigenvalue weighted by Gasteiger charge is 2.36. The van der Waals surface area contributed by atoms with Gasteiger partial charge in [-0.05, 0) is 55.3 Å². The van der Waals surface area contributed by atoms with E-state index in [0.717, 1.165) is 0 Å². The van der Waals surface area contributed by atoms with E-state index < -0.39 is 17.8 Å². The molecule has 23 heavy (non-hydrogen) atoms. The first-order valence-electron chi connectivity index (χ1n) is 7.39. The number of nitrogens with one attached hydrogen (secondary N) is 1. The van der Waals surface area contributed by atoms with Crippen molar-refractivity contribution in [3.05, 3.63) is 21.8 Å². The van der Waals surface area contributed by atoms with Gasteiger partial charge in [0, 0.05) is 6.54 Å². The maximum absolute atomic E-state index is 12.3. The summed E-state index contributed by atoms with van der Waals surface area (Å²) in [7, 11) is 0. The highest BCUT2D eigenvalue weighted by Crippen LogP contribution is 2.24. The molecule has 2 atom stereocenters. The van der Waals surface area contributed by atoms with Crippen LogP contribution in [0.4, 0.5) is 10.6 Å². The molecule has 0 saturated carbocycles. The first kappa shape index (κ1) is 18.3. The van der Waals surface area contributed by atoms with Gasteiger partial charge in [-0.25, -0.2) is 9.78 Å². The molecule has 1 aliphatic heterocycles. The van der Waals surface area contributed by atoms with Gasteiger partial charge >= 0.3 is 6.09 Å². The molecule has 1 aliphatic rings. The third-order valence-electron chi connectivity index (χ3n) is 3.34. The summed E-state index contributed by atoms with van der Waals surface area (Å²) in [6.45, 7) is 6.20. The highest BCUT2D eigenvalue weighted by molar-refractivity contribution is 9.10. The molecule has 8 heteroatoms. The van der Waals surface area contributed by atoms with E-state index in [1.54, 1.807) is 17.0 Å². The minimum absolute atomic E-state index is 0.156. The predicted molar refractivity (Wildman–Crippen MR) is 92.8 cm³/mol. The molecule has 1 fully saturated rings. The molecule has 1 aromatic rings. The summed E-state index contributed by atoms with van der Waals surface area (Å²) in [4.78, 5) is 18.1. The van der Waals surface area contributed by atoms with Crippen molar-refractivity contribution in [2.45, 2.75) is 44.9 Å². The number of aliphatic hydroxyl groups excluding tert-OH is 1. The Morgan fingerprint density at radius 3 is 2.87 bits per heavy atom. The second-order valence-electron chi connectivity index (χ2n) is 6.53. The third-order valence-corrected chi connectivity index (χ3v) is 4.48. The molecular formula is C15H21BrClN3O3. The lowest BCUT2D eigenvalue weighted by atomic mass is 10.2. The van der Waals surface area contributed by atoms with E-state index in [-0.39, 0.29) is 12.6 Å². The first-order valence-corrected chi connectivity index (χ1v) is 8.56. The van der Waals surface area contributed by atoms with Crippen molar-refractivity contribution >= 4 is 39.4 Å². The van der Waals surface area contributed by atoms with Crippen LogP contribution in [0, 0.1) is 0 Å². The topological polar surface area (TPSA) is 74.7 Å². The van der Waals surface area contributed by atoms with E-state index in [0.29, 0.717) is 28.4 Å². The lowest BCUT2D eigenvalue weighted by molar-refractivity contribution is 0.0216. The van der Waals surface area contributed by atoms with Crippen LogP contribution < -0.4 is 5.32 Å². The number of rotatable bonds is 3. The Hall–Kier alpha value is -1.05. The molecule has 2 N–H and O–H groups in total. The molecule has 2 rings (SSSR count). The summed E-state index contributed by atoms with van der Waals surface area (Å²) in [5.74, 6) is 0.645. The van der Waals surface area contributed by atoms with Crippen molar-refractivity contribution in [3.63, 3.8) is 0 Å². The van der Waals surface area contributed by atoms with Crippen molar-refractivity contribution in [1.82, 2.24) is 9.88 Å². The number of pyridine rings is 1. The highest BCUT2D eigenvalue weighted by atomic mass is 79.9. The molecule has 0 aliphatic carbocycles. The van der Waals surface area contributed by atoms with Crippen LogP contribution in [0.1, 0.15) is 27.2 Å². The zero-order chi connectivity index (χ0) is 17.2. The molecule has 0 spiro atoms. The van der Waals surface area contributed by atoms with Gasteiger partial charge in [0.1, 0.15) is 16.0 Å². The average Bonchev–Trinajstić information content (AvgIpc) is 2.79. The van der Waals surface area contributed by atoms with Crippen LogP contribution in [0.3, 0.4) is 0 Å². The lowest BCUT2D eigenvalue weighted by Crippen LogP contribution is -2.42.